The number of fused-ring (bicyclic) bond motifs is 3. The largest absolute Gasteiger partial charge is 0.508 e. The molecule has 0 unspecified atom stereocenters. The zero-order valence-corrected chi connectivity index (χ0v) is 15.4. The molecular formula is C19H17N5O2S. The summed E-state index contributed by atoms with van der Waals surface area (Å²) in [5.41, 5.74) is 3.24. The Morgan fingerprint density at radius 2 is 1.93 bits per heavy atom. The molecule has 2 aromatic heterocycles. The lowest BCUT2D eigenvalue weighted by Gasteiger charge is -2.05. The summed E-state index contributed by atoms with van der Waals surface area (Å²) in [4.78, 5) is 16.7. The lowest BCUT2D eigenvalue weighted by atomic mass is 10.2. The van der Waals surface area contributed by atoms with Crippen LogP contribution < -0.4 is 5.32 Å². The Balaban J connectivity index is 1.53. The first-order chi connectivity index (χ1) is 13.2. The summed E-state index contributed by atoms with van der Waals surface area (Å²) < 4.78 is 2.10. The van der Waals surface area contributed by atoms with E-state index in [-0.39, 0.29) is 17.4 Å². The van der Waals surface area contributed by atoms with E-state index in [2.05, 4.69) is 32.0 Å². The number of nitrogens with one attached hydrogen (secondary N) is 1. The molecule has 0 saturated carbocycles. The van der Waals surface area contributed by atoms with Crippen molar-refractivity contribution < 1.29 is 9.90 Å². The molecule has 0 fully saturated rings. The van der Waals surface area contributed by atoms with E-state index in [0.29, 0.717) is 10.8 Å². The number of benzene rings is 2. The summed E-state index contributed by atoms with van der Waals surface area (Å²) in [6, 6.07) is 14.3. The van der Waals surface area contributed by atoms with Gasteiger partial charge in [-0.25, -0.2) is 4.98 Å². The van der Waals surface area contributed by atoms with Gasteiger partial charge < -0.3 is 15.0 Å². The van der Waals surface area contributed by atoms with Crippen molar-refractivity contribution in [2.45, 2.75) is 18.6 Å². The van der Waals surface area contributed by atoms with Gasteiger partial charge in [-0.2, -0.15) is 0 Å². The number of amides is 1. The van der Waals surface area contributed by atoms with Gasteiger partial charge in [-0.1, -0.05) is 30.0 Å². The Kier molecular flexibility index (Phi) is 4.64. The number of phenols is 1. The monoisotopic (exact) mass is 379 g/mol. The first kappa shape index (κ1) is 17.3. The summed E-state index contributed by atoms with van der Waals surface area (Å²) in [6.07, 6.45) is 0. The predicted molar refractivity (Wildman–Crippen MR) is 106 cm³/mol. The highest BCUT2D eigenvalue weighted by atomic mass is 32.2. The van der Waals surface area contributed by atoms with E-state index in [1.54, 1.807) is 12.1 Å². The minimum Gasteiger partial charge on any atom is -0.508 e. The molecule has 2 aromatic carbocycles. The van der Waals surface area contributed by atoms with E-state index < -0.39 is 0 Å². The van der Waals surface area contributed by atoms with Gasteiger partial charge in [0.05, 0.1) is 11.3 Å². The zero-order chi connectivity index (χ0) is 18.8. The minimum atomic E-state index is -0.176. The van der Waals surface area contributed by atoms with E-state index in [1.807, 2.05) is 24.3 Å². The maximum Gasteiger partial charge on any atom is 0.234 e. The fraction of sp³-hybridized carbons (Fsp3) is 0.158. The average molecular weight is 379 g/mol. The van der Waals surface area contributed by atoms with Crippen molar-refractivity contribution in [3.63, 3.8) is 0 Å². The van der Waals surface area contributed by atoms with Crippen LogP contribution in [0.1, 0.15) is 6.92 Å². The number of carbonyl (C=O) groups is 1. The highest BCUT2D eigenvalue weighted by Crippen LogP contribution is 2.27. The molecule has 2 heterocycles. The molecule has 136 valence electrons. The Morgan fingerprint density at radius 3 is 2.70 bits per heavy atom. The molecule has 2 N–H and O–H groups in total. The first-order valence-electron chi connectivity index (χ1n) is 8.49. The topological polar surface area (TPSA) is 92.9 Å². The van der Waals surface area contributed by atoms with Crippen LogP contribution in [0.5, 0.6) is 5.75 Å². The van der Waals surface area contributed by atoms with Crippen LogP contribution in [0.4, 0.5) is 5.69 Å². The highest BCUT2D eigenvalue weighted by Gasteiger charge is 2.14. The van der Waals surface area contributed by atoms with Gasteiger partial charge >= 0.3 is 0 Å². The number of aryl methyl sites for hydroxylation is 1. The maximum atomic E-state index is 12.1. The smallest absolute Gasteiger partial charge is 0.234 e. The van der Waals surface area contributed by atoms with Crippen molar-refractivity contribution in [3.8, 4) is 5.75 Å². The van der Waals surface area contributed by atoms with Gasteiger partial charge in [0, 0.05) is 17.6 Å². The molecule has 0 aliphatic rings. The number of thioether (sulfide) groups is 1. The second-order valence-corrected chi connectivity index (χ2v) is 6.85. The Morgan fingerprint density at radius 1 is 1.15 bits per heavy atom. The normalized spacial score (nSPS) is 11.1. The standard InChI is InChI=1S/C19H17N5O2S/c1-2-24-15-6-4-3-5-14(15)17-18(24)21-19(23-22-17)27-11-16(26)20-12-7-9-13(25)10-8-12/h3-10,25H,2,11H2,1H3,(H,20,26). The van der Waals surface area contributed by atoms with E-state index in [4.69, 9.17) is 0 Å². The number of nitrogens with zero attached hydrogens (tertiary/aromatic N) is 4. The summed E-state index contributed by atoms with van der Waals surface area (Å²) in [5, 5.41) is 22.0. The Bertz CT molecular complexity index is 1120. The number of hydrogen-bond acceptors (Lipinski definition) is 6. The van der Waals surface area contributed by atoms with Crippen molar-refractivity contribution >= 4 is 45.4 Å². The minimum absolute atomic E-state index is 0.154. The second kappa shape index (κ2) is 7.24. The number of phenolic OH excluding ortho intramolecular Hbond substituents is 1. The summed E-state index contributed by atoms with van der Waals surface area (Å²) in [7, 11) is 0. The molecule has 0 saturated heterocycles. The SMILES string of the molecule is CCn1c2ccccc2c2nnc(SCC(=O)Nc3ccc(O)cc3)nc21. The van der Waals surface area contributed by atoms with E-state index >= 15 is 0 Å². The molecule has 1 amide bonds. The van der Waals surface area contributed by atoms with Crippen molar-refractivity contribution in [3.05, 3.63) is 48.5 Å². The molecule has 4 rings (SSSR count). The average Bonchev–Trinajstić information content (AvgIpc) is 3.01. The highest BCUT2D eigenvalue weighted by molar-refractivity contribution is 7.99. The number of para-hydroxylation sites is 1. The van der Waals surface area contributed by atoms with E-state index in [1.165, 1.54) is 23.9 Å². The number of rotatable bonds is 5. The third kappa shape index (κ3) is 3.43. The van der Waals surface area contributed by atoms with Gasteiger partial charge in [-0.3, -0.25) is 4.79 Å². The van der Waals surface area contributed by atoms with Crippen molar-refractivity contribution in [1.82, 2.24) is 19.7 Å². The molecule has 0 radical (unpaired) electrons. The third-order valence-electron chi connectivity index (χ3n) is 4.15. The number of anilines is 1. The summed E-state index contributed by atoms with van der Waals surface area (Å²) in [5.74, 6) is 0.146. The van der Waals surface area contributed by atoms with Crippen molar-refractivity contribution in [2.24, 2.45) is 0 Å². The van der Waals surface area contributed by atoms with Gasteiger partial charge in [-0.15, -0.1) is 10.2 Å². The van der Waals surface area contributed by atoms with Crippen LogP contribution in [0.25, 0.3) is 22.1 Å². The predicted octanol–water partition coefficient (Wildman–Crippen LogP) is 3.44. The molecule has 0 bridgehead atoms. The molecule has 0 aliphatic heterocycles. The number of aromatic nitrogens is 4. The van der Waals surface area contributed by atoms with Crippen LogP contribution in [-0.4, -0.2) is 36.5 Å². The molecule has 4 aromatic rings. The molecule has 7 nitrogen and oxygen atoms in total. The fourth-order valence-corrected chi connectivity index (χ4v) is 3.52. The third-order valence-corrected chi connectivity index (χ3v) is 4.99. The quantitative estimate of drug-likeness (QED) is 0.408. The first-order valence-corrected chi connectivity index (χ1v) is 9.47. The molecule has 0 aliphatic carbocycles. The fourth-order valence-electron chi connectivity index (χ4n) is 2.94. The van der Waals surface area contributed by atoms with Crippen LogP contribution >= 0.6 is 11.8 Å². The summed E-state index contributed by atoms with van der Waals surface area (Å²) >= 11 is 1.24. The lowest BCUT2D eigenvalue weighted by molar-refractivity contribution is -0.113. The van der Waals surface area contributed by atoms with E-state index in [0.717, 1.165) is 28.6 Å². The van der Waals surface area contributed by atoms with Crippen LogP contribution in [0.3, 0.4) is 0 Å². The molecule has 8 heteroatoms. The van der Waals surface area contributed by atoms with Gasteiger partial charge in [-0.05, 0) is 37.3 Å². The molecule has 0 atom stereocenters. The second-order valence-electron chi connectivity index (χ2n) is 5.91. The Labute approximate surface area is 159 Å². The van der Waals surface area contributed by atoms with Crippen LogP contribution in [0.2, 0.25) is 0 Å². The van der Waals surface area contributed by atoms with Crippen LogP contribution in [-0.2, 0) is 11.3 Å². The van der Waals surface area contributed by atoms with E-state index in [9.17, 15) is 9.90 Å². The summed E-state index contributed by atoms with van der Waals surface area (Å²) in [6.45, 7) is 2.83. The van der Waals surface area contributed by atoms with Crippen molar-refractivity contribution in [1.29, 1.82) is 0 Å². The zero-order valence-electron chi connectivity index (χ0n) is 14.6. The van der Waals surface area contributed by atoms with Gasteiger partial charge in [0.1, 0.15) is 11.3 Å². The van der Waals surface area contributed by atoms with Gasteiger partial charge in [0.2, 0.25) is 11.1 Å². The Hall–Kier alpha value is -3.13. The van der Waals surface area contributed by atoms with Gasteiger partial charge in [0.25, 0.3) is 0 Å². The molecule has 27 heavy (non-hydrogen) atoms. The number of carbonyl (C=O) groups excluding carboxylic acids is 1. The number of hydrogen-bond donors (Lipinski definition) is 2. The van der Waals surface area contributed by atoms with Crippen LogP contribution in [0, 0.1) is 0 Å². The molecular weight excluding hydrogens is 362 g/mol. The van der Waals surface area contributed by atoms with Crippen LogP contribution in [0.15, 0.2) is 53.7 Å². The van der Waals surface area contributed by atoms with Crippen molar-refractivity contribution in [2.75, 3.05) is 11.1 Å². The maximum absolute atomic E-state index is 12.1. The lowest BCUT2D eigenvalue weighted by Crippen LogP contribution is -2.14. The van der Waals surface area contributed by atoms with Gasteiger partial charge in [0.15, 0.2) is 5.65 Å². The number of aromatic hydroxyl groups is 1. The molecule has 0 spiro atoms.